The summed E-state index contributed by atoms with van der Waals surface area (Å²) in [6, 6.07) is 2.50. The summed E-state index contributed by atoms with van der Waals surface area (Å²) in [5, 5.41) is 0. The van der Waals surface area contributed by atoms with Gasteiger partial charge in [0.1, 0.15) is 17.3 Å². The zero-order chi connectivity index (χ0) is 21.0. The van der Waals surface area contributed by atoms with E-state index in [1.165, 1.54) is 24.5 Å². The molecule has 1 aromatic heterocycles. The lowest BCUT2D eigenvalue weighted by molar-refractivity contribution is -0.144. The molecule has 0 aliphatic carbocycles. The lowest BCUT2D eigenvalue weighted by Gasteiger charge is -2.20. The molecule has 0 saturated carbocycles. The molecule has 0 bridgehead atoms. The number of ether oxygens (including phenoxy) is 2. The number of hydrogen-bond acceptors (Lipinski definition) is 6. The zero-order valence-corrected chi connectivity index (χ0v) is 16.8. The van der Waals surface area contributed by atoms with Crippen LogP contribution in [0, 0.1) is 17.6 Å². The van der Waals surface area contributed by atoms with Gasteiger partial charge in [-0.2, -0.15) is 0 Å². The molecule has 3 rings (SSSR count). The Morgan fingerprint density at radius 2 is 2.00 bits per heavy atom. The summed E-state index contributed by atoms with van der Waals surface area (Å²) in [5.74, 6) is -1.31. The van der Waals surface area contributed by atoms with E-state index in [1.807, 2.05) is 13.8 Å². The summed E-state index contributed by atoms with van der Waals surface area (Å²) in [4.78, 5) is 21.6. The third-order valence-electron chi connectivity index (χ3n) is 4.64. The average molecular weight is 405 g/mol. The van der Waals surface area contributed by atoms with E-state index >= 15 is 0 Å². The fourth-order valence-electron chi connectivity index (χ4n) is 3.46. The Morgan fingerprint density at radius 3 is 2.66 bits per heavy atom. The monoisotopic (exact) mass is 405 g/mol. The van der Waals surface area contributed by atoms with Crippen LogP contribution in [0.25, 0.3) is 11.3 Å². The van der Waals surface area contributed by atoms with Gasteiger partial charge in [0, 0.05) is 18.7 Å². The minimum atomic E-state index is -0.672. The highest BCUT2D eigenvalue weighted by molar-refractivity contribution is 5.70. The van der Waals surface area contributed by atoms with Gasteiger partial charge < -0.3 is 14.4 Å². The summed E-state index contributed by atoms with van der Waals surface area (Å²) >= 11 is 0. The van der Waals surface area contributed by atoms with Gasteiger partial charge in [-0.3, -0.25) is 9.78 Å². The van der Waals surface area contributed by atoms with Crippen LogP contribution < -0.4 is 9.64 Å². The normalized spacial score (nSPS) is 16.3. The Balaban J connectivity index is 1.78. The highest BCUT2D eigenvalue weighted by Crippen LogP contribution is 2.33. The van der Waals surface area contributed by atoms with Crippen LogP contribution in [0.5, 0.6) is 5.88 Å². The molecule has 1 atom stereocenters. The third-order valence-corrected chi connectivity index (χ3v) is 4.64. The number of esters is 1. The van der Waals surface area contributed by atoms with Crippen molar-refractivity contribution in [2.75, 3.05) is 24.6 Å². The van der Waals surface area contributed by atoms with E-state index in [-0.39, 0.29) is 35.7 Å². The predicted molar refractivity (Wildman–Crippen MR) is 105 cm³/mol. The molecule has 0 amide bonds. The molecular formula is C21H25F2N3O3. The van der Waals surface area contributed by atoms with Crippen molar-refractivity contribution in [3.63, 3.8) is 0 Å². The Hall–Kier alpha value is -2.77. The maximum atomic E-state index is 14.8. The van der Waals surface area contributed by atoms with Crippen molar-refractivity contribution in [1.29, 1.82) is 0 Å². The van der Waals surface area contributed by atoms with E-state index in [4.69, 9.17) is 9.47 Å². The van der Waals surface area contributed by atoms with Crippen molar-refractivity contribution in [3.05, 3.63) is 36.2 Å². The first-order valence-corrected chi connectivity index (χ1v) is 9.76. The molecule has 1 aromatic carbocycles. The van der Waals surface area contributed by atoms with Crippen LogP contribution in [0.2, 0.25) is 0 Å². The van der Waals surface area contributed by atoms with Crippen molar-refractivity contribution in [2.45, 2.75) is 39.7 Å². The molecule has 29 heavy (non-hydrogen) atoms. The fourth-order valence-corrected chi connectivity index (χ4v) is 3.46. The smallest absolute Gasteiger partial charge is 0.306 e. The quantitative estimate of drug-likeness (QED) is 0.649. The highest BCUT2D eigenvalue weighted by atomic mass is 19.1. The van der Waals surface area contributed by atoms with E-state index in [1.54, 1.807) is 11.8 Å². The third kappa shape index (κ3) is 5.19. The second-order valence-electron chi connectivity index (χ2n) is 7.31. The number of carbonyl (C=O) groups excluding carboxylic acids is 1. The Labute approximate surface area is 168 Å². The van der Waals surface area contributed by atoms with E-state index in [2.05, 4.69) is 9.97 Å². The summed E-state index contributed by atoms with van der Waals surface area (Å²) < 4.78 is 40.1. The molecule has 2 heterocycles. The topological polar surface area (TPSA) is 64.5 Å². The number of aromatic nitrogens is 2. The maximum Gasteiger partial charge on any atom is 0.306 e. The van der Waals surface area contributed by atoms with Gasteiger partial charge >= 0.3 is 5.97 Å². The summed E-state index contributed by atoms with van der Waals surface area (Å²) in [7, 11) is 0. The van der Waals surface area contributed by atoms with E-state index in [9.17, 15) is 13.6 Å². The first kappa shape index (κ1) is 21.0. The zero-order valence-electron chi connectivity index (χ0n) is 16.8. The fraction of sp³-hybridized carbons (Fsp3) is 0.476. The van der Waals surface area contributed by atoms with Gasteiger partial charge in [-0.1, -0.05) is 0 Å². The van der Waals surface area contributed by atoms with Crippen LogP contribution in [-0.2, 0) is 9.53 Å². The van der Waals surface area contributed by atoms with Crippen molar-refractivity contribution < 1.29 is 23.0 Å². The summed E-state index contributed by atoms with van der Waals surface area (Å²) in [6.45, 7) is 6.67. The van der Waals surface area contributed by atoms with Gasteiger partial charge in [0.2, 0.25) is 5.88 Å². The Bertz CT molecular complexity index is 853. The van der Waals surface area contributed by atoms with Crippen molar-refractivity contribution in [2.24, 2.45) is 5.92 Å². The Kier molecular flexibility index (Phi) is 6.61. The van der Waals surface area contributed by atoms with E-state index in [0.29, 0.717) is 37.7 Å². The minimum absolute atomic E-state index is 0.0169. The van der Waals surface area contributed by atoms with Crippen LogP contribution in [0.3, 0.4) is 0 Å². The first-order valence-electron chi connectivity index (χ1n) is 9.76. The molecule has 1 saturated heterocycles. The van der Waals surface area contributed by atoms with Gasteiger partial charge in [-0.15, -0.1) is 0 Å². The molecule has 0 N–H and O–H groups in total. The van der Waals surface area contributed by atoms with Gasteiger partial charge in [-0.05, 0) is 45.2 Å². The first-order chi connectivity index (χ1) is 13.9. The lowest BCUT2D eigenvalue weighted by Crippen LogP contribution is -2.23. The van der Waals surface area contributed by atoms with Crippen LogP contribution in [0.1, 0.15) is 33.6 Å². The van der Waals surface area contributed by atoms with Crippen LogP contribution >= 0.6 is 0 Å². The molecule has 1 fully saturated rings. The van der Waals surface area contributed by atoms with Gasteiger partial charge in [0.25, 0.3) is 0 Å². The van der Waals surface area contributed by atoms with E-state index < -0.39 is 11.6 Å². The minimum Gasteiger partial charge on any atom is -0.474 e. The van der Waals surface area contributed by atoms with Gasteiger partial charge in [0.15, 0.2) is 0 Å². The molecule has 2 aromatic rings. The van der Waals surface area contributed by atoms with Gasteiger partial charge in [-0.25, -0.2) is 13.8 Å². The second-order valence-corrected chi connectivity index (χ2v) is 7.31. The van der Waals surface area contributed by atoms with Gasteiger partial charge in [0.05, 0.1) is 37.2 Å². The van der Waals surface area contributed by atoms with Crippen LogP contribution in [0.15, 0.2) is 24.5 Å². The maximum absolute atomic E-state index is 14.8. The number of hydrogen-bond donors (Lipinski definition) is 0. The van der Waals surface area contributed by atoms with Crippen molar-refractivity contribution >= 4 is 11.7 Å². The number of anilines is 1. The SMILES string of the molecule is CCOC(=O)CC1CCN(c2c(F)cc(-c3cncc(OC(C)C)n3)cc2F)C1. The molecule has 6 nitrogen and oxygen atoms in total. The number of nitrogens with zero attached hydrogens (tertiary/aromatic N) is 3. The molecule has 0 radical (unpaired) electrons. The molecule has 8 heteroatoms. The number of carbonyl (C=O) groups is 1. The second kappa shape index (κ2) is 9.15. The molecular weight excluding hydrogens is 380 g/mol. The molecule has 1 aliphatic rings. The predicted octanol–water partition coefficient (Wildman–Crippen LogP) is 3.99. The van der Waals surface area contributed by atoms with Crippen molar-refractivity contribution in [1.82, 2.24) is 9.97 Å². The van der Waals surface area contributed by atoms with E-state index in [0.717, 1.165) is 0 Å². The molecule has 1 aliphatic heterocycles. The molecule has 0 spiro atoms. The Morgan fingerprint density at radius 1 is 1.28 bits per heavy atom. The number of rotatable bonds is 7. The highest BCUT2D eigenvalue weighted by Gasteiger charge is 2.29. The van der Waals surface area contributed by atoms with Crippen molar-refractivity contribution in [3.8, 4) is 17.1 Å². The number of halogens is 2. The summed E-state index contributed by atoms with van der Waals surface area (Å²) in [5.41, 5.74) is 0.532. The number of benzene rings is 1. The lowest BCUT2D eigenvalue weighted by atomic mass is 10.1. The standard InChI is InChI=1S/C21H25F2N3O3/c1-4-28-20(27)7-14-5-6-26(12-14)21-16(22)8-15(9-17(21)23)18-10-24-11-19(25-18)29-13(2)3/h8-11,13-14H,4-7,12H2,1-3H3. The largest absolute Gasteiger partial charge is 0.474 e. The average Bonchev–Trinajstić information content (AvgIpc) is 3.08. The van der Waals surface area contributed by atoms with Crippen LogP contribution in [0.4, 0.5) is 14.5 Å². The van der Waals surface area contributed by atoms with Crippen LogP contribution in [-0.4, -0.2) is 41.7 Å². The summed E-state index contributed by atoms with van der Waals surface area (Å²) in [6.07, 6.45) is 3.74. The molecule has 1 unspecified atom stereocenters. The molecule has 156 valence electrons.